The lowest BCUT2D eigenvalue weighted by molar-refractivity contribution is 0.481. The van der Waals surface area contributed by atoms with Gasteiger partial charge >= 0.3 is 0 Å². The number of halogens is 3. The maximum atomic E-state index is 13.1. The van der Waals surface area contributed by atoms with Gasteiger partial charge in [0.05, 0.1) is 5.02 Å². The summed E-state index contributed by atoms with van der Waals surface area (Å²) >= 11 is 12.2. The molecule has 3 rings (SSSR count). The summed E-state index contributed by atoms with van der Waals surface area (Å²) in [5.74, 6) is 0.474. The van der Waals surface area contributed by atoms with Crippen LogP contribution in [0.4, 0.5) is 10.1 Å². The first-order chi connectivity index (χ1) is 11.0. The lowest BCUT2D eigenvalue weighted by Gasteiger charge is -2.12. The van der Waals surface area contributed by atoms with Crippen LogP contribution in [0.1, 0.15) is 0 Å². The van der Waals surface area contributed by atoms with E-state index in [-0.39, 0.29) is 5.02 Å². The molecule has 0 amide bonds. The van der Waals surface area contributed by atoms with Crippen molar-refractivity contribution in [2.75, 3.05) is 5.73 Å². The highest BCUT2D eigenvalue weighted by molar-refractivity contribution is 6.33. The zero-order valence-electron chi connectivity index (χ0n) is 11.9. The van der Waals surface area contributed by atoms with E-state index in [0.29, 0.717) is 22.2 Å². The summed E-state index contributed by atoms with van der Waals surface area (Å²) in [4.78, 5) is 0. The summed E-state index contributed by atoms with van der Waals surface area (Å²) in [6, 6.07) is 16.6. The van der Waals surface area contributed by atoms with Crippen molar-refractivity contribution in [3.63, 3.8) is 0 Å². The largest absolute Gasteiger partial charge is 0.456 e. The fourth-order valence-corrected chi connectivity index (χ4v) is 2.64. The van der Waals surface area contributed by atoms with Gasteiger partial charge in [-0.05, 0) is 42.5 Å². The Morgan fingerprint density at radius 1 is 0.826 bits per heavy atom. The number of nitrogen functional groups attached to an aromatic ring is 1. The lowest BCUT2D eigenvalue weighted by atomic mass is 10.0. The second kappa shape index (κ2) is 6.49. The standard InChI is InChI=1S/C18H12Cl2FNO/c19-15-4-2-1-3-13(15)14-10-12(6-7-17(14)22)23-18-8-5-11(21)9-16(18)20/h1-10H,22H2. The molecule has 0 unspecified atom stereocenters. The molecule has 0 aliphatic rings. The summed E-state index contributed by atoms with van der Waals surface area (Å²) in [6.07, 6.45) is 0. The van der Waals surface area contributed by atoms with E-state index in [1.807, 2.05) is 18.2 Å². The average molecular weight is 348 g/mol. The molecule has 0 aliphatic carbocycles. The summed E-state index contributed by atoms with van der Waals surface area (Å²) in [5, 5.41) is 0.789. The van der Waals surface area contributed by atoms with Gasteiger partial charge in [-0.25, -0.2) is 4.39 Å². The van der Waals surface area contributed by atoms with Crippen LogP contribution in [-0.2, 0) is 0 Å². The third-order valence-electron chi connectivity index (χ3n) is 3.31. The Kier molecular flexibility index (Phi) is 4.42. The molecule has 2 nitrogen and oxygen atoms in total. The predicted octanol–water partition coefficient (Wildman–Crippen LogP) is 6.17. The smallest absolute Gasteiger partial charge is 0.146 e. The van der Waals surface area contributed by atoms with Crippen molar-refractivity contribution < 1.29 is 9.13 Å². The maximum Gasteiger partial charge on any atom is 0.146 e. The molecule has 0 heterocycles. The third-order valence-corrected chi connectivity index (χ3v) is 3.94. The zero-order valence-corrected chi connectivity index (χ0v) is 13.4. The highest BCUT2D eigenvalue weighted by Gasteiger charge is 2.10. The molecule has 0 aliphatic heterocycles. The first-order valence-electron chi connectivity index (χ1n) is 6.82. The minimum absolute atomic E-state index is 0.195. The molecule has 0 spiro atoms. The number of benzene rings is 3. The van der Waals surface area contributed by atoms with E-state index < -0.39 is 5.82 Å². The first-order valence-corrected chi connectivity index (χ1v) is 7.57. The molecule has 3 aromatic rings. The molecular formula is C18H12Cl2FNO. The minimum Gasteiger partial charge on any atom is -0.456 e. The van der Waals surface area contributed by atoms with Crippen LogP contribution in [-0.4, -0.2) is 0 Å². The van der Waals surface area contributed by atoms with Crippen molar-refractivity contribution in [1.29, 1.82) is 0 Å². The summed E-state index contributed by atoms with van der Waals surface area (Å²) in [5.41, 5.74) is 8.19. The Morgan fingerprint density at radius 3 is 2.35 bits per heavy atom. The Balaban J connectivity index is 1.99. The van der Waals surface area contributed by atoms with Crippen LogP contribution in [0, 0.1) is 5.82 Å². The number of hydrogen-bond acceptors (Lipinski definition) is 2. The van der Waals surface area contributed by atoms with Crippen LogP contribution in [0.25, 0.3) is 11.1 Å². The van der Waals surface area contributed by atoms with Crippen molar-refractivity contribution in [1.82, 2.24) is 0 Å². The van der Waals surface area contributed by atoms with E-state index in [9.17, 15) is 4.39 Å². The van der Waals surface area contributed by atoms with Crippen molar-refractivity contribution in [3.05, 3.63) is 76.5 Å². The van der Waals surface area contributed by atoms with E-state index in [4.69, 9.17) is 33.7 Å². The molecule has 5 heteroatoms. The lowest BCUT2D eigenvalue weighted by Crippen LogP contribution is -1.93. The predicted molar refractivity (Wildman–Crippen MR) is 92.8 cm³/mol. The summed E-state index contributed by atoms with van der Waals surface area (Å²) < 4.78 is 18.8. The first kappa shape index (κ1) is 15.7. The number of hydrogen-bond donors (Lipinski definition) is 1. The highest BCUT2D eigenvalue weighted by atomic mass is 35.5. The number of ether oxygens (including phenoxy) is 1. The number of rotatable bonds is 3. The van der Waals surface area contributed by atoms with Crippen molar-refractivity contribution >= 4 is 28.9 Å². The van der Waals surface area contributed by atoms with Crippen molar-refractivity contribution in [2.45, 2.75) is 0 Å². The molecule has 0 saturated heterocycles. The van der Waals surface area contributed by atoms with E-state index in [1.54, 1.807) is 24.3 Å². The van der Waals surface area contributed by atoms with Crippen LogP contribution in [0.5, 0.6) is 11.5 Å². The quantitative estimate of drug-likeness (QED) is 0.574. The van der Waals surface area contributed by atoms with Gasteiger partial charge in [0, 0.05) is 21.8 Å². The fraction of sp³-hybridized carbons (Fsp3) is 0. The van der Waals surface area contributed by atoms with Gasteiger partial charge in [-0.2, -0.15) is 0 Å². The highest BCUT2D eigenvalue weighted by Crippen LogP contribution is 2.37. The van der Waals surface area contributed by atoms with Gasteiger partial charge in [0.2, 0.25) is 0 Å². The SMILES string of the molecule is Nc1ccc(Oc2ccc(F)cc2Cl)cc1-c1ccccc1Cl. The zero-order chi connectivity index (χ0) is 16.4. The van der Waals surface area contributed by atoms with Gasteiger partial charge in [-0.1, -0.05) is 41.4 Å². The van der Waals surface area contributed by atoms with Crippen LogP contribution >= 0.6 is 23.2 Å². The summed E-state index contributed by atoms with van der Waals surface area (Å²) in [7, 11) is 0. The molecule has 0 atom stereocenters. The molecule has 2 N–H and O–H groups in total. The van der Waals surface area contributed by atoms with Crippen molar-refractivity contribution in [2.24, 2.45) is 0 Å². The molecule has 23 heavy (non-hydrogen) atoms. The van der Waals surface area contributed by atoms with Gasteiger partial charge < -0.3 is 10.5 Å². The molecule has 0 fully saturated rings. The van der Waals surface area contributed by atoms with Crippen LogP contribution in [0.3, 0.4) is 0 Å². The van der Waals surface area contributed by atoms with Crippen LogP contribution in [0.15, 0.2) is 60.7 Å². The summed E-state index contributed by atoms with van der Waals surface area (Å²) in [6.45, 7) is 0. The molecule has 0 aromatic heterocycles. The van der Waals surface area contributed by atoms with Crippen LogP contribution in [0.2, 0.25) is 10.0 Å². The normalized spacial score (nSPS) is 10.6. The Hall–Kier alpha value is -2.23. The Morgan fingerprint density at radius 2 is 1.61 bits per heavy atom. The average Bonchev–Trinajstić information content (AvgIpc) is 2.52. The molecular weight excluding hydrogens is 336 g/mol. The second-order valence-corrected chi connectivity index (χ2v) is 5.72. The molecule has 0 bridgehead atoms. The Bertz CT molecular complexity index is 867. The topological polar surface area (TPSA) is 35.2 Å². The Labute approximate surface area is 143 Å². The maximum absolute atomic E-state index is 13.1. The van der Waals surface area contributed by atoms with E-state index >= 15 is 0 Å². The van der Waals surface area contributed by atoms with Gasteiger partial charge in [0.15, 0.2) is 0 Å². The van der Waals surface area contributed by atoms with Gasteiger partial charge in [-0.3, -0.25) is 0 Å². The van der Waals surface area contributed by atoms with E-state index in [0.717, 1.165) is 11.1 Å². The molecule has 0 radical (unpaired) electrons. The van der Waals surface area contributed by atoms with Gasteiger partial charge in [0.1, 0.15) is 17.3 Å². The van der Waals surface area contributed by atoms with Crippen molar-refractivity contribution in [3.8, 4) is 22.6 Å². The third kappa shape index (κ3) is 3.41. The van der Waals surface area contributed by atoms with Gasteiger partial charge in [0.25, 0.3) is 0 Å². The number of anilines is 1. The monoisotopic (exact) mass is 347 g/mol. The molecule has 0 saturated carbocycles. The van der Waals surface area contributed by atoms with Crippen LogP contribution < -0.4 is 10.5 Å². The molecule has 3 aromatic carbocycles. The minimum atomic E-state index is -0.420. The fourth-order valence-electron chi connectivity index (χ4n) is 2.20. The van der Waals surface area contributed by atoms with E-state index in [2.05, 4.69) is 0 Å². The number of nitrogens with two attached hydrogens (primary N) is 1. The molecule has 116 valence electrons. The second-order valence-electron chi connectivity index (χ2n) is 4.91. The van der Waals surface area contributed by atoms with Gasteiger partial charge in [-0.15, -0.1) is 0 Å². The van der Waals surface area contributed by atoms with E-state index in [1.165, 1.54) is 18.2 Å².